The highest BCUT2D eigenvalue weighted by atomic mass is 14.0. The summed E-state index contributed by atoms with van der Waals surface area (Å²) < 4.78 is 0. The van der Waals surface area contributed by atoms with E-state index >= 15 is 0 Å². The monoisotopic (exact) mass is 380 g/mol. The van der Waals surface area contributed by atoms with Crippen LogP contribution in [0.25, 0.3) is 33.0 Å². The maximum absolute atomic E-state index is 3.28. The van der Waals surface area contributed by atoms with E-state index in [0.717, 1.165) is 11.1 Å². The first-order valence-corrected chi connectivity index (χ1v) is 10.1. The van der Waals surface area contributed by atoms with E-state index in [2.05, 4.69) is 127 Å². The van der Waals surface area contributed by atoms with Crippen LogP contribution in [0.3, 0.4) is 0 Å². The van der Waals surface area contributed by atoms with E-state index in [0.29, 0.717) is 0 Å². The number of rotatable bonds is 2. The van der Waals surface area contributed by atoms with Crippen molar-refractivity contribution in [1.82, 2.24) is 0 Å². The van der Waals surface area contributed by atoms with Crippen molar-refractivity contribution < 1.29 is 0 Å². The van der Waals surface area contributed by atoms with Gasteiger partial charge in [-0.25, -0.2) is 0 Å². The standard InChI is InChI=1S/C30H20/c1-2-6-25(7-3-1)27-16-12-23(13-17-27)10-11-24-14-18-28(19-15-24)30-21-20-26-8-4-5-9-29(26)22-30/h1-9,12-22H. The van der Waals surface area contributed by atoms with Gasteiger partial charge in [0.1, 0.15) is 0 Å². The van der Waals surface area contributed by atoms with Gasteiger partial charge in [-0.15, -0.1) is 0 Å². The molecule has 0 saturated heterocycles. The van der Waals surface area contributed by atoms with Crippen molar-refractivity contribution in [2.24, 2.45) is 0 Å². The van der Waals surface area contributed by atoms with Crippen LogP contribution in [-0.4, -0.2) is 0 Å². The zero-order valence-corrected chi connectivity index (χ0v) is 16.5. The van der Waals surface area contributed by atoms with E-state index in [1.807, 2.05) is 6.07 Å². The molecule has 0 heteroatoms. The molecule has 0 fully saturated rings. The molecule has 30 heavy (non-hydrogen) atoms. The first-order valence-electron chi connectivity index (χ1n) is 10.1. The highest BCUT2D eigenvalue weighted by Crippen LogP contribution is 2.25. The minimum Gasteiger partial charge on any atom is -0.0622 e. The largest absolute Gasteiger partial charge is 0.0622 e. The smallest absolute Gasteiger partial charge is 0.0249 e. The van der Waals surface area contributed by atoms with Crippen molar-refractivity contribution >= 4 is 10.8 Å². The van der Waals surface area contributed by atoms with Crippen LogP contribution in [0.1, 0.15) is 11.1 Å². The Morgan fingerprint density at radius 2 is 0.800 bits per heavy atom. The van der Waals surface area contributed by atoms with Crippen molar-refractivity contribution in [3.8, 4) is 34.1 Å². The molecule has 0 saturated carbocycles. The molecule has 0 unspecified atom stereocenters. The maximum Gasteiger partial charge on any atom is 0.0249 e. The molecule has 0 N–H and O–H groups in total. The third kappa shape index (κ3) is 3.88. The summed E-state index contributed by atoms with van der Waals surface area (Å²) in [6.07, 6.45) is 0. The average molecular weight is 380 g/mol. The lowest BCUT2D eigenvalue weighted by Gasteiger charge is -2.04. The summed E-state index contributed by atoms with van der Waals surface area (Å²) in [7, 11) is 0. The van der Waals surface area contributed by atoms with E-state index in [1.165, 1.54) is 33.0 Å². The Kier molecular flexibility index (Phi) is 4.86. The van der Waals surface area contributed by atoms with Gasteiger partial charge in [0.05, 0.1) is 0 Å². The Morgan fingerprint density at radius 1 is 0.333 bits per heavy atom. The lowest BCUT2D eigenvalue weighted by atomic mass is 10.0. The summed E-state index contributed by atoms with van der Waals surface area (Å²) in [6, 6.07) is 42.3. The normalized spacial score (nSPS) is 10.4. The molecule has 0 aliphatic carbocycles. The van der Waals surface area contributed by atoms with Crippen molar-refractivity contribution in [2.75, 3.05) is 0 Å². The SMILES string of the molecule is C(#Cc1ccc(-c2ccc3ccccc3c2)cc1)c1ccc(-c2ccccc2)cc1. The third-order valence-corrected chi connectivity index (χ3v) is 5.31. The second-order valence-electron chi connectivity index (χ2n) is 7.33. The molecule has 0 heterocycles. The zero-order chi connectivity index (χ0) is 20.2. The van der Waals surface area contributed by atoms with Crippen LogP contribution >= 0.6 is 0 Å². The molecular weight excluding hydrogens is 360 g/mol. The van der Waals surface area contributed by atoms with Crippen molar-refractivity contribution in [3.63, 3.8) is 0 Å². The van der Waals surface area contributed by atoms with E-state index in [9.17, 15) is 0 Å². The second kappa shape index (κ2) is 8.11. The van der Waals surface area contributed by atoms with Gasteiger partial charge in [-0.3, -0.25) is 0 Å². The zero-order valence-electron chi connectivity index (χ0n) is 16.5. The second-order valence-corrected chi connectivity index (χ2v) is 7.33. The molecule has 5 rings (SSSR count). The minimum absolute atomic E-state index is 1.02. The number of hydrogen-bond acceptors (Lipinski definition) is 0. The topological polar surface area (TPSA) is 0 Å². The van der Waals surface area contributed by atoms with E-state index in [4.69, 9.17) is 0 Å². The van der Waals surface area contributed by atoms with E-state index in [-0.39, 0.29) is 0 Å². The number of fused-ring (bicyclic) bond motifs is 1. The van der Waals surface area contributed by atoms with Crippen LogP contribution < -0.4 is 0 Å². The number of hydrogen-bond donors (Lipinski definition) is 0. The van der Waals surface area contributed by atoms with Gasteiger partial charge >= 0.3 is 0 Å². The van der Waals surface area contributed by atoms with Gasteiger partial charge in [0.25, 0.3) is 0 Å². The highest BCUT2D eigenvalue weighted by Gasteiger charge is 2.00. The molecule has 140 valence electrons. The Labute approximate surface area is 177 Å². The molecule has 0 aliphatic heterocycles. The van der Waals surface area contributed by atoms with E-state index in [1.54, 1.807) is 0 Å². The Hall–Kier alpha value is -4.08. The fourth-order valence-electron chi connectivity index (χ4n) is 3.64. The summed E-state index contributed by atoms with van der Waals surface area (Å²) in [5.74, 6) is 6.55. The summed E-state index contributed by atoms with van der Waals surface area (Å²) in [5.41, 5.74) is 6.91. The molecular formula is C30H20. The molecule has 0 aliphatic rings. The van der Waals surface area contributed by atoms with Crippen LogP contribution in [0.4, 0.5) is 0 Å². The van der Waals surface area contributed by atoms with Crippen LogP contribution in [0.5, 0.6) is 0 Å². The van der Waals surface area contributed by atoms with Crippen LogP contribution in [-0.2, 0) is 0 Å². The Bertz CT molecular complexity index is 1350. The Balaban J connectivity index is 1.34. The summed E-state index contributed by atoms with van der Waals surface area (Å²) >= 11 is 0. The quantitative estimate of drug-likeness (QED) is 0.277. The lowest BCUT2D eigenvalue weighted by molar-refractivity contribution is 1.58. The molecule has 0 nitrogen and oxygen atoms in total. The molecule has 0 radical (unpaired) electrons. The first-order chi connectivity index (χ1) is 14.8. The molecule has 0 bridgehead atoms. The molecule has 0 spiro atoms. The number of benzene rings is 5. The summed E-state index contributed by atoms with van der Waals surface area (Å²) in [6.45, 7) is 0. The van der Waals surface area contributed by atoms with Crippen molar-refractivity contribution in [3.05, 3.63) is 132 Å². The van der Waals surface area contributed by atoms with Crippen LogP contribution in [0, 0.1) is 11.8 Å². The summed E-state index contributed by atoms with van der Waals surface area (Å²) in [4.78, 5) is 0. The summed E-state index contributed by atoms with van der Waals surface area (Å²) in [5, 5.41) is 2.53. The van der Waals surface area contributed by atoms with Gasteiger partial charge < -0.3 is 0 Å². The molecule has 5 aromatic carbocycles. The fourth-order valence-corrected chi connectivity index (χ4v) is 3.64. The predicted molar refractivity (Wildman–Crippen MR) is 127 cm³/mol. The van der Waals surface area contributed by atoms with Gasteiger partial charge in [-0.05, 0) is 63.4 Å². The van der Waals surface area contributed by atoms with Gasteiger partial charge in [0.15, 0.2) is 0 Å². The molecule has 0 amide bonds. The fraction of sp³-hybridized carbons (Fsp3) is 0. The third-order valence-electron chi connectivity index (χ3n) is 5.31. The molecule has 5 aromatic rings. The predicted octanol–water partition coefficient (Wildman–Crippen LogP) is 7.57. The van der Waals surface area contributed by atoms with Crippen molar-refractivity contribution in [2.45, 2.75) is 0 Å². The Morgan fingerprint density at radius 3 is 1.43 bits per heavy atom. The highest BCUT2D eigenvalue weighted by molar-refractivity contribution is 5.87. The molecule has 0 aromatic heterocycles. The molecule has 0 atom stereocenters. The maximum atomic E-state index is 3.28. The van der Waals surface area contributed by atoms with Gasteiger partial charge in [-0.2, -0.15) is 0 Å². The van der Waals surface area contributed by atoms with Gasteiger partial charge in [0, 0.05) is 11.1 Å². The van der Waals surface area contributed by atoms with Crippen LogP contribution in [0.15, 0.2) is 121 Å². The van der Waals surface area contributed by atoms with Gasteiger partial charge in [-0.1, -0.05) is 103 Å². The van der Waals surface area contributed by atoms with E-state index < -0.39 is 0 Å². The van der Waals surface area contributed by atoms with Crippen molar-refractivity contribution in [1.29, 1.82) is 0 Å². The van der Waals surface area contributed by atoms with Crippen LogP contribution in [0.2, 0.25) is 0 Å². The average Bonchev–Trinajstić information content (AvgIpc) is 2.84. The first kappa shape index (κ1) is 18.0. The lowest BCUT2D eigenvalue weighted by Crippen LogP contribution is -1.81. The van der Waals surface area contributed by atoms with Gasteiger partial charge in [0.2, 0.25) is 0 Å². The minimum atomic E-state index is 1.02.